The van der Waals surface area contributed by atoms with Crippen LogP contribution in [0.3, 0.4) is 0 Å². The number of aliphatic hydroxyl groups excluding tert-OH is 1. The van der Waals surface area contributed by atoms with E-state index in [9.17, 15) is 24.2 Å². The number of hydrogen-bond donors (Lipinski definition) is 4. The normalized spacial score (nSPS) is 13.3. The molecular formula is C23H23ClFN7O4. The van der Waals surface area contributed by atoms with Gasteiger partial charge in [-0.3, -0.25) is 9.59 Å². The van der Waals surface area contributed by atoms with Crippen LogP contribution in [0, 0.1) is 11.2 Å². The second-order valence-electron chi connectivity index (χ2n) is 8.20. The highest BCUT2D eigenvalue weighted by Crippen LogP contribution is 2.31. The van der Waals surface area contributed by atoms with Crippen molar-refractivity contribution in [3.63, 3.8) is 0 Å². The summed E-state index contributed by atoms with van der Waals surface area (Å²) >= 11 is 5.99. The fraction of sp³-hybridized carbons (Fsp3) is 0.304. The topological polar surface area (TPSA) is 177 Å². The fourth-order valence-corrected chi connectivity index (χ4v) is 4.03. The van der Waals surface area contributed by atoms with Crippen molar-refractivity contribution >= 4 is 23.5 Å². The molecule has 3 aromatic rings. The van der Waals surface area contributed by atoms with Gasteiger partial charge in [-0.1, -0.05) is 41.0 Å². The number of carbonyl (C=O) groups is 2. The van der Waals surface area contributed by atoms with Crippen LogP contribution in [0.25, 0.3) is 21.6 Å². The van der Waals surface area contributed by atoms with Crippen LogP contribution in [-0.2, 0) is 11.2 Å². The van der Waals surface area contributed by atoms with Crippen LogP contribution < -0.4 is 5.32 Å². The SMILES string of the molecule is [N-]=[N+]=NCCC(CO)(C[C@@H](Cc1ccc(-c2cc(Cl)ccc2F)cc1)NC(=O)c1cn[nH]n1)C(=O)O. The van der Waals surface area contributed by atoms with E-state index in [1.165, 1.54) is 24.4 Å². The smallest absolute Gasteiger partial charge is 0.312 e. The zero-order valence-electron chi connectivity index (χ0n) is 18.9. The number of azide groups is 1. The lowest BCUT2D eigenvalue weighted by Gasteiger charge is -2.31. The number of aliphatic carboxylic acids is 1. The lowest BCUT2D eigenvalue weighted by atomic mass is 9.78. The van der Waals surface area contributed by atoms with Crippen LogP contribution in [0.15, 0.2) is 53.8 Å². The first-order chi connectivity index (χ1) is 17.3. The molecule has 0 aliphatic rings. The van der Waals surface area contributed by atoms with Gasteiger partial charge < -0.3 is 15.5 Å². The van der Waals surface area contributed by atoms with E-state index in [1.54, 1.807) is 24.3 Å². The molecule has 0 bridgehead atoms. The van der Waals surface area contributed by atoms with Crippen molar-refractivity contribution in [3.8, 4) is 11.1 Å². The van der Waals surface area contributed by atoms with E-state index < -0.39 is 35.8 Å². The van der Waals surface area contributed by atoms with Crippen molar-refractivity contribution < 1.29 is 24.2 Å². The van der Waals surface area contributed by atoms with Crippen molar-refractivity contribution in [2.75, 3.05) is 13.2 Å². The first kappa shape index (κ1) is 26.6. The summed E-state index contributed by atoms with van der Waals surface area (Å²) in [6, 6.07) is 10.3. The van der Waals surface area contributed by atoms with Gasteiger partial charge in [-0.15, -0.1) is 0 Å². The minimum Gasteiger partial charge on any atom is -0.481 e. The Balaban J connectivity index is 1.87. The van der Waals surface area contributed by atoms with Gasteiger partial charge in [-0.25, -0.2) is 4.39 Å². The third-order valence-electron chi connectivity index (χ3n) is 5.81. The fourth-order valence-electron chi connectivity index (χ4n) is 3.86. The van der Waals surface area contributed by atoms with Crippen LogP contribution in [0.4, 0.5) is 4.39 Å². The van der Waals surface area contributed by atoms with Crippen LogP contribution in [-0.4, -0.2) is 56.7 Å². The standard InChI is InChI=1S/C23H23ClFN7O4/c24-16-5-6-19(25)18(10-16)15-3-1-14(2-4-15)9-17(29-21(34)20-12-28-32-30-20)11-23(13-33,22(35)36)7-8-27-31-26/h1-6,10,12,17,33H,7-9,11,13H2,(H,29,34)(H,35,36)(H,28,30,32)/t17-,23?/m1/s1. The number of carbonyl (C=O) groups excluding carboxylic acids is 1. The Morgan fingerprint density at radius 3 is 2.64 bits per heavy atom. The molecule has 0 fully saturated rings. The highest BCUT2D eigenvalue weighted by Gasteiger charge is 2.40. The highest BCUT2D eigenvalue weighted by molar-refractivity contribution is 6.30. The van der Waals surface area contributed by atoms with Gasteiger partial charge in [-0.05, 0) is 54.1 Å². The summed E-state index contributed by atoms with van der Waals surface area (Å²) in [7, 11) is 0. The molecule has 2 aromatic carbocycles. The largest absolute Gasteiger partial charge is 0.481 e. The summed E-state index contributed by atoms with van der Waals surface area (Å²) in [6.07, 6.45) is 1.12. The first-order valence-corrected chi connectivity index (χ1v) is 11.2. The van der Waals surface area contributed by atoms with E-state index in [1.807, 2.05) is 0 Å². The lowest BCUT2D eigenvalue weighted by molar-refractivity contribution is -0.153. The maximum Gasteiger partial charge on any atom is 0.312 e. The molecule has 1 heterocycles. The van der Waals surface area contributed by atoms with Crippen LogP contribution in [0.5, 0.6) is 0 Å². The number of rotatable bonds is 12. The minimum absolute atomic E-state index is 0.00536. The molecule has 1 aromatic heterocycles. The van der Waals surface area contributed by atoms with Gasteiger partial charge in [0.1, 0.15) is 5.82 Å². The molecule has 0 saturated heterocycles. The van der Waals surface area contributed by atoms with Crippen molar-refractivity contribution in [2.45, 2.75) is 25.3 Å². The molecule has 0 radical (unpaired) electrons. The average Bonchev–Trinajstić information content (AvgIpc) is 3.41. The predicted octanol–water partition coefficient (Wildman–Crippen LogP) is 3.76. The Bertz CT molecular complexity index is 1250. The van der Waals surface area contributed by atoms with Gasteiger partial charge in [0.15, 0.2) is 5.69 Å². The summed E-state index contributed by atoms with van der Waals surface area (Å²) in [4.78, 5) is 27.4. The van der Waals surface area contributed by atoms with E-state index in [0.29, 0.717) is 16.1 Å². The molecular weight excluding hydrogens is 493 g/mol. The second-order valence-corrected chi connectivity index (χ2v) is 8.64. The maximum atomic E-state index is 14.2. The van der Waals surface area contributed by atoms with Gasteiger partial charge >= 0.3 is 5.97 Å². The molecule has 13 heteroatoms. The third kappa shape index (κ3) is 6.57. The van der Waals surface area contributed by atoms with E-state index in [0.717, 1.165) is 5.56 Å². The summed E-state index contributed by atoms with van der Waals surface area (Å²) in [5.41, 5.74) is 8.53. The van der Waals surface area contributed by atoms with E-state index >= 15 is 0 Å². The van der Waals surface area contributed by atoms with Gasteiger partial charge in [-0.2, -0.15) is 15.4 Å². The number of carboxylic acid groups (broad SMARTS) is 1. The molecule has 1 unspecified atom stereocenters. The zero-order valence-corrected chi connectivity index (χ0v) is 19.7. The van der Waals surface area contributed by atoms with Gasteiger partial charge in [0.2, 0.25) is 0 Å². The summed E-state index contributed by atoms with van der Waals surface area (Å²) in [5, 5.41) is 36.1. The number of nitrogens with one attached hydrogen (secondary N) is 2. The molecule has 2 atom stereocenters. The quantitative estimate of drug-likeness (QED) is 0.162. The van der Waals surface area contributed by atoms with Crippen molar-refractivity contribution in [2.24, 2.45) is 10.5 Å². The summed E-state index contributed by atoms with van der Waals surface area (Å²) < 4.78 is 14.2. The number of H-pyrrole nitrogens is 1. The summed E-state index contributed by atoms with van der Waals surface area (Å²) in [5.74, 6) is -2.30. The first-order valence-electron chi connectivity index (χ1n) is 10.8. The number of nitrogens with zero attached hydrogens (tertiary/aromatic N) is 5. The van der Waals surface area contributed by atoms with E-state index in [4.69, 9.17) is 17.1 Å². The molecule has 0 saturated carbocycles. The van der Waals surface area contributed by atoms with Crippen LogP contribution in [0.1, 0.15) is 28.9 Å². The second kappa shape index (κ2) is 12.1. The molecule has 0 aliphatic carbocycles. The number of benzene rings is 2. The number of carboxylic acids is 1. The summed E-state index contributed by atoms with van der Waals surface area (Å²) in [6.45, 7) is -0.875. The molecule has 3 rings (SSSR count). The Kier molecular flexibility index (Phi) is 8.96. The average molecular weight is 516 g/mol. The maximum absolute atomic E-state index is 14.2. The molecule has 36 heavy (non-hydrogen) atoms. The molecule has 188 valence electrons. The predicted molar refractivity (Wildman–Crippen MR) is 129 cm³/mol. The van der Waals surface area contributed by atoms with Gasteiger partial charge in [0, 0.05) is 28.1 Å². The monoisotopic (exact) mass is 515 g/mol. The number of hydrogen-bond acceptors (Lipinski definition) is 6. The Morgan fingerprint density at radius 1 is 1.28 bits per heavy atom. The van der Waals surface area contributed by atoms with Crippen LogP contribution in [0.2, 0.25) is 5.02 Å². The molecule has 0 spiro atoms. The number of aliphatic hydroxyl groups is 1. The van der Waals surface area contributed by atoms with Gasteiger partial charge in [0.25, 0.3) is 5.91 Å². The van der Waals surface area contributed by atoms with Crippen molar-refractivity contribution in [1.29, 1.82) is 0 Å². The minimum atomic E-state index is -1.67. The number of aromatic amines is 1. The molecule has 11 nitrogen and oxygen atoms in total. The zero-order chi connectivity index (χ0) is 26.1. The molecule has 4 N–H and O–H groups in total. The van der Waals surface area contributed by atoms with E-state index in [-0.39, 0.29) is 31.5 Å². The van der Waals surface area contributed by atoms with Gasteiger partial charge in [0.05, 0.1) is 18.2 Å². The highest BCUT2D eigenvalue weighted by atomic mass is 35.5. The number of aromatic nitrogens is 3. The van der Waals surface area contributed by atoms with Crippen molar-refractivity contribution in [3.05, 3.63) is 81.2 Å². The van der Waals surface area contributed by atoms with Crippen molar-refractivity contribution in [1.82, 2.24) is 20.7 Å². The Hall–Kier alpha value is -3.99. The van der Waals surface area contributed by atoms with E-state index in [2.05, 4.69) is 30.8 Å². The third-order valence-corrected chi connectivity index (χ3v) is 6.04. The number of halogens is 2. The lowest BCUT2D eigenvalue weighted by Crippen LogP contribution is -2.46. The molecule has 1 amide bonds. The number of amides is 1. The molecule has 0 aliphatic heterocycles. The van der Waals surface area contributed by atoms with Crippen LogP contribution >= 0.6 is 11.6 Å². The Morgan fingerprint density at radius 2 is 2.03 bits per heavy atom. The Labute approximate surface area is 209 Å².